The molecule has 0 unspecified atom stereocenters. The van der Waals surface area contributed by atoms with Crippen LogP contribution in [0.1, 0.15) is 6.92 Å². The highest BCUT2D eigenvalue weighted by Crippen LogP contribution is 2.12. The number of carbonyl (C=O) groups is 1. The molecular formula is C9H12N6O2. The van der Waals surface area contributed by atoms with Crippen LogP contribution in [0.15, 0.2) is 12.4 Å². The Hall–Kier alpha value is -2.25. The topological polar surface area (TPSA) is 85.5 Å². The Bertz CT molecular complexity index is 525. The Labute approximate surface area is 97.2 Å². The molecule has 90 valence electrons. The predicted octanol–water partition coefficient (Wildman–Crippen LogP) is -0.481. The Morgan fingerprint density at radius 2 is 2.35 bits per heavy atom. The molecule has 0 N–H and O–H groups in total. The Kier molecular flexibility index (Phi) is 3.12. The number of methoxy groups -OCH3 is 1. The van der Waals surface area contributed by atoms with Crippen LogP contribution in [0.3, 0.4) is 0 Å². The summed E-state index contributed by atoms with van der Waals surface area (Å²) in [5.74, 6) is 0.331. The van der Waals surface area contributed by atoms with Crippen LogP contribution >= 0.6 is 0 Å². The fourth-order valence-electron chi connectivity index (χ4n) is 1.45. The third-order valence-electron chi connectivity index (χ3n) is 2.34. The summed E-state index contributed by atoms with van der Waals surface area (Å²) in [6, 6.07) is 0. The van der Waals surface area contributed by atoms with Crippen molar-refractivity contribution in [2.24, 2.45) is 0 Å². The fourth-order valence-corrected chi connectivity index (χ4v) is 1.45. The standard InChI is InChI=1S/C9H12N6O2/c1-3-14(6-9(16)17-2)8-5-10-4-7-11-12-13-15(7)8/h4-5H,3,6H2,1-2H3. The minimum Gasteiger partial charge on any atom is -0.468 e. The molecule has 8 nitrogen and oxygen atoms in total. The SMILES string of the molecule is CCN(CC(=O)OC)c1cncc2nnnn12. The van der Waals surface area contributed by atoms with Gasteiger partial charge in [0.25, 0.3) is 0 Å². The lowest BCUT2D eigenvalue weighted by atomic mass is 10.4. The van der Waals surface area contributed by atoms with Crippen molar-refractivity contribution in [1.29, 1.82) is 0 Å². The fraction of sp³-hybridized carbons (Fsp3) is 0.444. The lowest BCUT2D eigenvalue weighted by Crippen LogP contribution is -2.32. The molecule has 0 aromatic carbocycles. The van der Waals surface area contributed by atoms with Gasteiger partial charge in [0.1, 0.15) is 6.54 Å². The lowest BCUT2D eigenvalue weighted by molar-refractivity contribution is -0.138. The van der Waals surface area contributed by atoms with Crippen molar-refractivity contribution in [1.82, 2.24) is 25.0 Å². The maximum Gasteiger partial charge on any atom is 0.325 e. The molecule has 2 heterocycles. The first kappa shape index (κ1) is 11.2. The molecule has 8 heteroatoms. The smallest absolute Gasteiger partial charge is 0.325 e. The van der Waals surface area contributed by atoms with Gasteiger partial charge < -0.3 is 9.64 Å². The summed E-state index contributed by atoms with van der Waals surface area (Å²) in [6.45, 7) is 2.68. The van der Waals surface area contributed by atoms with Gasteiger partial charge in [-0.1, -0.05) is 0 Å². The zero-order valence-corrected chi connectivity index (χ0v) is 9.57. The molecule has 2 aromatic heterocycles. The second-order valence-electron chi connectivity index (χ2n) is 3.30. The molecule has 0 amide bonds. The number of fused-ring (bicyclic) bond motifs is 1. The zero-order chi connectivity index (χ0) is 12.3. The molecule has 0 atom stereocenters. The summed E-state index contributed by atoms with van der Waals surface area (Å²) in [5, 5.41) is 11.2. The second kappa shape index (κ2) is 4.73. The van der Waals surface area contributed by atoms with Crippen LogP contribution in [-0.4, -0.2) is 51.2 Å². The number of likely N-dealkylation sites (N-methyl/N-ethyl adjacent to an activating group) is 1. The van der Waals surface area contributed by atoms with Crippen molar-refractivity contribution in [3.63, 3.8) is 0 Å². The van der Waals surface area contributed by atoms with Gasteiger partial charge in [-0.2, -0.15) is 4.52 Å². The van der Waals surface area contributed by atoms with Crippen molar-refractivity contribution in [3.05, 3.63) is 12.4 Å². The summed E-state index contributed by atoms with van der Waals surface area (Å²) >= 11 is 0. The van der Waals surface area contributed by atoms with Gasteiger partial charge in [-0.15, -0.1) is 5.10 Å². The van der Waals surface area contributed by atoms with E-state index in [1.165, 1.54) is 11.6 Å². The first-order chi connectivity index (χ1) is 8.26. The third kappa shape index (κ3) is 2.14. The number of nitrogens with zero attached hydrogens (tertiary/aromatic N) is 6. The molecule has 0 saturated carbocycles. The molecule has 2 aromatic rings. The van der Waals surface area contributed by atoms with Crippen molar-refractivity contribution in [2.75, 3.05) is 25.1 Å². The minimum atomic E-state index is -0.322. The highest BCUT2D eigenvalue weighted by Gasteiger charge is 2.14. The summed E-state index contributed by atoms with van der Waals surface area (Å²) in [7, 11) is 1.35. The number of rotatable bonds is 4. The van der Waals surface area contributed by atoms with E-state index >= 15 is 0 Å². The average molecular weight is 236 g/mol. The second-order valence-corrected chi connectivity index (χ2v) is 3.30. The largest absolute Gasteiger partial charge is 0.468 e. The van der Waals surface area contributed by atoms with Crippen LogP contribution in [-0.2, 0) is 9.53 Å². The summed E-state index contributed by atoms with van der Waals surface area (Å²) in [4.78, 5) is 17.1. The van der Waals surface area contributed by atoms with E-state index in [4.69, 9.17) is 0 Å². The third-order valence-corrected chi connectivity index (χ3v) is 2.34. The highest BCUT2D eigenvalue weighted by molar-refractivity contribution is 5.75. The van der Waals surface area contributed by atoms with Crippen molar-refractivity contribution < 1.29 is 9.53 Å². The van der Waals surface area contributed by atoms with Gasteiger partial charge in [0, 0.05) is 6.54 Å². The van der Waals surface area contributed by atoms with Crippen LogP contribution in [0.2, 0.25) is 0 Å². The Morgan fingerprint density at radius 1 is 1.53 bits per heavy atom. The molecule has 0 fully saturated rings. The summed E-state index contributed by atoms with van der Waals surface area (Å²) in [6.07, 6.45) is 3.16. The highest BCUT2D eigenvalue weighted by atomic mass is 16.5. The number of carbonyl (C=O) groups excluding carboxylic acids is 1. The maximum absolute atomic E-state index is 11.3. The van der Waals surface area contributed by atoms with Crippen molar-refractivity contribution >= 4 is 17.4 Å². The molecule has 0 aliphatic heterocycles. The summed E-state index contributed by atoms with van der Waals surface area (Å²) in [5.41, 5.74) is 0.533. The zero-order valence-electron chi connectivity index (χ0n) is 9.57. The number of hydrogen-bond donors (Lipinski definition) is 0. The van der Waals surface area contributed by atoms with E-state index in [0.29, 0.717) is 18.0 Å². The quantitative estimate of drug-likeness (QED) is 0.662. The van der Waals surface area contributed by atoms with E-state index < -0.39 is 0 Å². The minimum absolute atomic E-state index is 0.133. The molecule has 0 bridgehead atoms. The van der Waals surface area contributed by atoms with Gasteiger partial charge in [0.2, 0.25) is 0 Å². The molecule has 0 aliphatic rings. The number of esters is 1. The molecule has 2 rings (SSSR count). The van der Waals surface area contributed by atoms with Crippen molar-refractivity contribution in [2.45, 2.75) is 6.92 Å². The van der Waals surface area contributed by atoms with Gasteiger partial charge in [0.15, 0.2) is 11.5 Å². The Morgan fingerprint density at radius 3 is 3.06 bits per heavy atom. The van der Waals surface area contributed by atoms with E-state index in [-0.39, 0.29) is 12.5 Å². The van der Waals surface area contributed by atoms with Gasteiger partial charge >= 0.3 is 5.97 Å². The molecule has 0 aliphatic carbocycles. The van der Waals surface area contributed by atoms with Crippen LogP contribution in [0.25, 0.3) is 5.65 Å². The number of tetrazole rings is 1. The van der Waals surface area contributed by atoms with Crippen LogP contribution in [0.4, 0.5) is 5.82 Å². The molecular weight excluding hydrogens is 224 g/mol. The number of anilines is 1. The predicted molar refractivity (Wildman–Crippen MR) is 58.5 cm³/mol. The van der Waals surface area contributed by atoms with E-state index in [2.05, 4.69) is 25.2 Å². The molecule has 0 radical (unpaired) electrons. The van der Waals surface area contributed by atoms with Crippen LogP contribution < -0.4 is 4.90 Å². The monoisotopic (exact) mass is 236 g/mol. The maximum atomic E-state index is 11.3. The number of aromatic nitrogens is 5. The van der Waals surface area contributed by atoms with Crippen molar-refractivity contribution in [3.8, 4) is 0 Å². The number of hydrogen-bond acceptors (Lipinski definition) is 7. The first-order valence-corrected chi connectivity index (χ1v) is 5.10. The van der Waals surface area contributed by atoms with Gasteiger partial charge in [-0.25, -0.2) is 0 Å². The van der Waals surface area contributed by atoms with E-state index in [1.54, 1.807) is 17.3 Å². The average Bonchev–Trinajstić information content (AvgIpc) is 2.83. The van der Waals surface area contributed by atoms with Crippen LogP contribution in [0.5, 0.6) is 0 Å². The van der Waals surface area contributed by atoms with Crippen LogP contribution in [0, 0.1) is 0 Å². The molecule has 0 saturated heterocycles. The lowest BCUT2D eigenvalue weighted by Gasteiger charge is -2.20. The van der Waals surface area contributed by atoms with E-state index in [0.717, 1.165) is 0 Å². The summed E-state index contributed by atoms with van der Waals surface area (Å²) < 4.78 is 6.16. The molecule has 0 spiro atoms. The number of ether oxygens (including phenoxy) is 1. The molecule has 17 heavy (non-hydrogen) atoms. The van der Waals surface area contributed by atoms with E-state index in [1.807, 2.05) is 6.92 Å². The first-order valence-electron chi connectivity index (χ1n) is 5.10. The van der Waals surface area contributed by atoms with Gasteiger partial charge in [-0.3, -0.25) is 9.78 Å². The van der Waals surface area contributed by atoms with Gasteiger partial charge in [0.05, 0.1) is 19.5 Å². The van der Waals surface area contributed by atoms with E-state index in [9.17, 15) is 4.79 Å². The Balaban J connectivity index is 2.35. The van der Waals surface area contributed by atoms with Gasteiger partial charge in [-0.05, 0) is 17.4 Å². The normalized spacial score (nSPS) is 10.5.